The lowest BCUT2D eigenvalue weighted by Gasteiger charge is -2.34. The number of aliphatic hydroxyl groups is 1. The minimum Gasteiger partial charge on any atom is -0.385 e. The van der Waals surface area contributed by atoms with Gasteiger partial charge < -0.3 is 9.67 Å². The van der Waals surface area contributed by atoms with Gasteiger partial charge in [0, 0.05) is 26.0 Å². The molecular weight excluding hydrogens is 331 g/mol. The molecule has 0 radical (unpaired) electrons. The molecule has 25 heavy (non-hydrogen) atoms. The maximum atomic E-state index is 12.8. The number of halogens is 3. The van der Waals surface area contributed by atoms with Crippen LogP contribution in [0.5, 0.6) is 0 Å². The van der Waals surface area contributed by atoms with Gasteiger partial charge in [0.05, 0.1) is 5.56 Å². The smallest absolute Gasteiger partial charge is 0.385 e. The van der Waals surface area contributed by atoms with Crippen molar-refractivity contribution >= 4 is 0 Å². The zero-order chi connectivity index (χ0) is 18.0. The molecule has 0 saturated carbocycles. The largest absolute Gasteiger partial charge is 0.416 e. The summed E-state index contributed by atoms with van der Waals surface area (Å²) in [5.74, 6) is 0.787. The van der Waals surface area contributed by atoms with E-state index in [-0.39, 0.29) is 5.92 Å². The third-order valence-electron chi connectivity index (χ3n) is 4.86. The molecule has 7 heteroatoms. The van der Waals surface area contributed by atoms with Crippen LogP contribution in [0.4, 0.5) is 13.2 Å². The summed E-state index contributed by atoms with van der Waals surface area (Å²) in [5.41, 5.74) is 0.0583. The summed E-state index contributed by atoms with van der Waals surface area (Å²) >= 11 is 0. The van der Waals surface area contributed by atoms with Gasteiger partial charge in [0.1, 0.15) is 11.9 Å². The topological polar surface area (TPSA) is 41.3 Å². The number of aliphatic hydroxyl groups excluding tert-OH is 1. The fraction of sp³-hybridized carbons (Fsp3) is 0.500. The molecule has 1 saturated heterocycles. The number of imidazole rings is 1. The van der Waals surface area contributed by atoms with E-state index in [0.717, 1.165) is 32.0 Å². The second kappa shape index (κ2) is 7.17. The van der Waals surface area contributed by atoms with E-state index >= 15 is 0 Å². The van der Waals surface area contributed by atoms with Crippen molar-refractivity contribution in [2.24, 2.45) is 13.0 Å². The highest BCUT2D eigenvalue weighted by Gasteiger charge is 2.31. The maximum absolute atomic E-state index is 12.8. The third kappa shape index (κ3) is 4.22. The van der Waals surface area contributed by atoms with Gasteiger partial charge in [-0.25, -0.2) is 4.98 Å². The van der Waals surface area contributed by atoms with Crippen LogP contribution in [-0.4, -0.2) is 32.6 Å². The first kappa shape index (κ1) is 17.9. The predicted molar refractivity (Wildman–Crippen MR) is 87.6 cm³/mol. The molecule has 4 nitrogen and oxygen atoms in total. The minimum atomic E-state index is -4.31. The maximum Gasteiger partial charge on any atom is 0.416 e. The molecular formula is C18H22F3N3O. The van der Waals surface area contributed by atoms with Crippen LogP contribution in [-0.2, 0) is 19.8 Å². The molecule has 0 unspecified atom stereocenters. The lowest BCUT2D eigenvalue weighted by Crippen LogP contribution is -2.35. The fourth-order valence-corrected chi connectivity index (χ4v) is 3.40. The van der Waals surface area contributed by atoms with Gasteiger partial charge >= 0.3 is 6.18 Å². The molecule has 0 bridgehead atoms. The Hall–Kier alpha value is -1.86. The highest BCUT2D eigenvalue weighted by Crippen LogP contribution is 2.32. The summed E-state index contributed by atoms with van der Waals surface area (Å²) in [6, 6.07) is 5.49. The van der Waals surface area contributed by atoms with Gasteiger partial charge in [-0.2, -0.15) is 13.2 Å². The highest BCUT2D eigenvalue weighted by atomic mass is 19.4. The Labute approximate surface area is 144 Å². The van der Waals surface area contributed by atoms with E-state index in [0.29, 0.717) is 17.9 Å². The van der Waals surface area contributed by atoms with Gasteiger partial charge in [-0.05, 0) is 43.5 Å². The molecule has 2 heterocycles. The highest BCUT2D eigenvalue weighted by molar-refractivity contribution is 5.25. The molecule has 1 aromatic carbocycles. The number of benzene rings is 1. The van der Waals surface area contributed by atoms with Crippen molar-refractivity contribution in [1.29, 1.82) is 0 Å². The van der Waals surface area contributed by atoms with Gasteiger partial charge in [0.25, 0.3) is 0 Å². The first-order valence-electron chi connectivity index (χ1n) is 8.38. The number of piperidine rings is 1. The van der Waals surface area contributed by atoms with Crippen molar-refractivity contribution < 1.29 is 18.3 Å². The monoisotopic (exact) mass is 353 g/mol. The number of rotatable bonds is 4. The van der Waals surface area contributed by atoms with Gasteiger partial charge in [-0.1, -0.05) is 18.2 Å². The molecule has 3 rings (SSSR count). The predicted octanol–water partition coefficient (Wildman–Crippen LogP) is 3.38. The molecule has 1 atom stereocenters. The molecule has 136 valence electrons. The van der Waals surface area contributed by atoms with Crippen LogP contribution < -0.4 is 0 Å². The van der Waals surface area contributed by atoms with Crippen LogP contribution >= 0.6 is 0 Å². The zero-order valence-corrected chi connectivity index (χ0v) is 14.1. The number of aryl methyl sites for hydroxylation is 1. The Kier molecular flexibility index (Phi) is 5.15. The number of nitrogens with zero attached hydrogens (tertiary/aromatic N) is 3. The first-order valence-corrected chi connectivity index (χ1v) is 8.38. The van der Waals surface area contributed by atoms with Crippen molar-refractivity contribution in [2.45, 2.75) is 31.7 Å². The van der Waals surface area contributed by atoms with E-state index in [9.17, 15) is 18.3 Å². The number of aromatic nitrogens is 2. The SMILES string of the molecule is Cn1ccnc1[C@H](O)C1CCN(Cc2cccc(C(F)(F)F)c2)CC1. The Morgan fingerprint density at radius 3 is 2.60 bits per heavy atom. The Morgan fingerprint density at radius 2 is 2.00 bits per heavy atom. The number of likely N-dealkylation sites (tertiary alicyclic amines) is 1. The molecule has 0 aliphatic carbocycles. The standard InChI is InChI=1S/C18H22F3N3O/c1-23-10-7-22-17(23)16(25)14-5-8-24(9-6-14)12-13-3-2-4-15(11-13)18(19,20)21/h2-4,7,10-11,14,16,25H,5-6,8-9,12H2,1H3/t16-/m1/s1. The average Bonchev–Trinajstić information content (AvgIpc) is 3.00. The van der Waals surface area contributed by atoms with Crippen LogP contribution in [0.2, 0.25) is 0 Å². The first-order chi connectivity index (χ1) is 11.8. The second-order valence-electron chi connectivity index (χ2n) is 6.65. The van der Waals surface area contributed by atoms with E-state index < -0.39 is 17.8 Å². The number of alkyl halides is 3. The quantitative estimate of drug-likeness (QED) is 0.916. The van der Waals surface area contributed by atoms with Crippen LogP contribution in [0.3, 0.4) is 0 Å². The summed E-state index contributed by atoms with van der Waals surface area (Å²) in [7, 11) is 1.86. The molecule has 1 aliphatic rings. The fourth-order valence-electron chi connectivity index (χ4n) is 3.40. The summed E-state index contributed by atoms with van der Waals surface area (Å²) < 4.78 is 40.2. The van der Waals surface area contributed by atoms with E-state index in [1.807, 2.05) is 11.6 Å². The Balaban J connectivity index is 1.57. The van der Waals surface area contributed by atoms with Crippen molar-refractivity contribution in [3.63, 3.8) is 0 Å². The minimum absolute atomic E-state index is 0.124. The molecule has 2 aromatic rings. The summed E-state index contributed by atoms with van der Waals surface area (Å²) in [6.07, 6.45) is 0.161. The van der Waals surface area contributed by atoms with Crippen LogP contribution in [0, 0.1) is 5.92 Å². The van der Waals surface area contributed by atoms with Gasteiger partial charge in [-0.3, -0.25) is 4.90 Å². The van der Waals surface area contributed by atoms with Crippen molar-refractivity contribution in [3.8, 4) is 0 Å². The van der Waals surface area contributed by atoms with E-state index in [1.54, 1.807) is 18.5 Å². The molecule has 0 amide bonds. The zero-order valence-electron chi connectivity index (χ0n) is 14.1. The van der Waals surface area contributed by atoms with Crippen LogP contribution in [0.1, 0.15) is 35.9 Å². The average molecular weight is 353 g/mol. The Bertz CT molecular complexity index is 706. The molecule has 1 aliphatic heterocycles. The summed E-state index contributed by atoms with van der Waals surface area (Å²) in [6.45, 7) is 2.00. The van der Waals surface area contributed by atoms with E-state index in [4.69, 9.17) is 0 Å². The van der Waals surface area contributed by atoms with Gasteiger partial charge in [0.2, 0.25) is 0 Å². The lowest BCUT2D eigenvalue weighted by molar-refractivity contribution is -0.137. The normalized spacial score (nSPS) is 18.4. The number of hydrogen-bond acceptors (Lipinski definition) is 3. The summed E-state index contributed by atoms with van der Waals surface area (Å²) in [5, 5.41) is 10.5. The Morgan fingerprint density at radius 1 is 1.28 bits per heavy atom. The summed E-state index contributed by atoms with van der Waals surface area (Å²) in [4.78, 5) is 6.34. The van der Waals surface area contributed by atoms with E-state index in [1.165, 1.54) is 12.1 Å². The van der Waals surface area contributed by atoms with Crippen molar-refractivity contribution in [1.82, 2.24) is 14.5 Å². The van der Waals surface area contributed by atoms with Crippen molar-refractivity contribution in [2.75, 3.05) is 13.1 Å². The molecule has 0 spiro atoms. The van der Waals surface area contributed by atoms with Crippen LogP contribution in [0.25, 0.3) is 0 Å². The van der Waals surface area contributed by atoms with Gasteiger partial charge in [-0.15, -0.1) is 0 Å². The molecule has 1 aromatic heterocycles. The van der Waals surface area contributed by atoms with Crippen molar-refractivity contribution in [3.05, 3.63) is 53.6 Å². The lowest BCUT2D eigenvalue weighted by atomic mass is 9.90. The van der Waals surface area contributed by atoms with E-state index in [2.05, 4.69) is 9.88 Å². The second-order valence-corrected chi connectivity index (χ2v) is 6.65. The molecule has 1 fully saturated rings. The molecule has 1 N–H and O–H groups in total. The van der Waals surface area contributed by atoms with Crippen LogP contribution in [0.15, 0.2) is 36.7 Å². The third-order valence-corrected chi connectivity index (χ3v) is 4.86. The number of hydrogen-bond donors (Lipinski definition) is 1. The van der Waals surface area contributed by atoms with Gasteiger partial charge in [0.15, 0.2) is 0 Å².